The molecule has 0 aromatic heterocycles. The lowest BCUT2D eigenvalue weighted by Gasteiger charge is -2.11. The van der Waals surface area contributed by atoms with Gasteiger partial charge >= 0.3 is 0 Å². The molecule has 2 heteroatoms. The second-order valence-corrected chi connectivity index (χ2v) is 3.40. The van der Waals surface area contributed by atoms with Gasteiger partial charge in [-0.2, -0.15) is 0 Å². The van der Waals surface area contributed by atoms with E-state index in [1.54, 1.807) is 12.2 Å². The standard InChI is InChI=1S/C12H16O2/c1-4-7-10-8(5-2)11(13)9(6-3)12(10)14/h4-5,7,9,11,13H,2,6H2,1,3H3/b7-4-. The van der Waals surface area contributed by atoms with Gasteiger partial charge in [0.1, 0.15) is 0 Å². The van der Waals surface area contributed by atoms with Crippen LogP contribution in [0.3, 0.4) is 0 Å². The van der Waals surface area contributed by atoms with E-state index in [-0.39, 0.29) is 11.7 Å². The summed E-state index contributed by atoms with van der Waals surface area (Å²) < 4.78 is 0. The fourth-order valence-corrected chi connectivity index (χ4v) is 1.85. The summed E-state index contributed by atoms with van der Waals surface area (Å²) in [5.41, 5.74) is 1.28. The summed E-state index contributed by atoms with van der Waals surface area (Å²) >= 11 is 0. The Balaban J connectivity index is 3.13. The average Bonchev–Trinajstić information content (AvgIpc) is 2.39. The van der Waals surface area contributed by atoms with Gasteiger partial charge in [-0.1, -0.05) is 31.7 Å². The summed E-state index contributed by atoms with van der Waals surface area (Å²) in [6.07, 6.45) is 5.13. The molecule has 1 rings (SSSR count). The van der Waals surface area contributed by atoms with Gasteiger partial charge < -0.3 is 5.11 Å². The number of aliphatic hydroxyl groups excluding tert-OH is 1. The Bertz CT molecular complexity index is 310. The first kappa shape index (κ1) is 10.9. The van der Waals surface area contributed by atoms with Crippen LogP contribution in [-0.4, -0.2) is 17.0 Å². The van der Waals surface area contributed by atoms with Gasteiger partial charge in [-0.05, 0) is 18.9 Å². The molecule has 0 heterocycles. The zero-order chi connectivity index (χ0) is 10.7. The van der Waals surface area contributed by atoms with Crippen LogP contribution in [0, 0.1) is 5.92 Å². The normalized spacial score (nSPS) is 27.8. The Morgan fingerprint density at radius 1 is 1.57 bits per heavy atom. The van der Waals surface area contributed by atoms with Crippen molar-refractivity contribution in [3.63, 3.8) is 0 Å². The van der Waals surface area contributed by atoms with Crippen LogP contribution in [0.15, 0.2) is 36.0 Å². The first-order valence-electron chi connectivity index (χ1n) is 4.88. The topological polar surface area (TPSA) is 37.3 Å². The van der Waals surface area contributed by atoms with Crippen molar-refractivity contribution in [1.29, 1.82) is 0 Å². The number of aliphatic hydroxyl groups is 1. The number of hydrogen-bond acceptors (Lipinski definition) is 2. The van der Waals surface area contributed by atoms with Crippen LogP contribution < -0.4 is 0 Å². The SMILES string of the molecule is C=CC1=C(/C=C\C)C(=O)C(CC)C1O. The molecule has 0 aromatic rings. The quantitative estimate of drug-likeness (QED) is 0.742. The Hall–Kier alpha value is -1.15. The van der Waals surface area contributed by atoms with E-state index in [2.05, 4.69) is 6.58 Å². The lowest BCUT2D eigenvalue weighted by Crippen LogP contribution is -2.21. The van der Waals surface area contributed by atoms with Crippen molar-refractivity contribution >= 4 is 5.78 Å². The summed E-state index contributed by atoms with van der Waals surface area (Å²) in [4.78, 5) is 11.8. The maximum absolute atomic E-state index is 11.8. The number of allylic oxidation sites excluding steroid dienone is 3. The van der Waals surface area contributed by atoms with Crippen LogP contribution in [0.2, 0.25) is 0 Å². The number of carbonyl (C=O) groups is 1. The van der Waals surface area contributed by atoms with E-state index >= 15 is 0 Å². The first-order valence-corrected chi connectivity index (χ1v) is 4.88. The lowest BCUT2D eigenvalue weighted by atomic mass is 9.98. The molecule has 0 aromatic carbocycles. The Kier molecular flexibility index (Phi) is 3.42. The molecule has 0 amide bonds. The Morgan fingerprint density at radius 2 is 2.21 bits per heavy atom. The van der Waals surface area contributed by atoms with Crippen molar-refractivity contribution < 1.29 is 9.90 Å². The molecular weight excluding hydrogens is 176 g/mol. The summed E-state index contributed by atoms with van der Waals surface area (Å²) in [6, 6.07) is 0. The van der Waals surface area contributed by atoms with Crippen molar-refractivity contribution in [2.24, 2.45) is 5.92 Å². The minimum Gasteiger partial charge on any atom is -0.388 e. The molecule has 0 saturated carbocycles. The third kappa shape index (κ3) is 1.58. The largest absolute Gasteiger partial charge is 0.388 e. The fraction of sp³-hybridized carbons (Fsp3) is 0.417. The fourth-order valence-electron chi connectivity index (χ4n) is 1.85. The van der Waals surface area contributed by atoms with E-state index in [0.717, 1.165) is 0 Å². The smallest absolute Gasteiger partial charge is 0.169 e. The highest BCUT2D eigenvalue weighted by Crippen LogP contribution is 2.32. The van der Waals surface area contributed by atoms with Crippen LogP contribution in [-0.2, 0) is 4.79 Å². The summed E-state index contributed by atoms with van der Waals surface area (Å²) in [5.74, 6) is -0.248. The highest BCUT2D eigenvalue weighted by atomic mass is 16.3. The monoisotopic (exact) mass is 192 g/mol. The number of hydrogen-bond donors (Lipinski definition) is 1. The third-order valence-electron chi connectivity index (χ3n) is 2.61. The van der Waals surface area contributed by atoms with Crippen molar-refractivity contribution in [3.05, 3.63) is 36.0 Å². The molecular formula is C12H16O2. The van der Waals surface area contributed by atoms with E-state index in [4.69, 9.17) is 0 Å². The number of rotatable bonds is 3. The Labute approximate surface area is 84.6 Å². The highest BCUT2D eigenvalue weighted by Gasteiger charge is 2.36. The van der Waals surface area contributed by atoms with Gasteiger partial charge in [0.25, 0.3) is 0 Å². The second-order valence-electron chi connectivity index (χ2n) is 3.40. The molecule has 1 aliphatic carbocycles. The summed E-state index contributed by atoms with van der Waals surface area (Å²) in [6.45, 7) is 7.39. The predicted molar refractivity (Wildman–Crippen MR) is 56.8 cm³/mol. The van der Waals surface area contributed by atoms with Crippen LogP contribution in [0.4, 0.5) is 0 Å². The van der Waals surface area contributed by atoms with E-state index in [0.29, 0.717) is 17.6 Å². The molecule has 0 aliphatic heterocycles. The van der Waals surface area contributed by atoms with Gasteiger partial charge in [0.05, 0.1) is 12.0 Å². The number of ketones is 1. The minimum atomic E-state index is -0.670. The van der Waals surface area contributed by atoms with E-state index in [1.807, 2.05) is 19.9 Å². The summed E-state index contributed by atoms with van der Waals surface area (Å²) in [5, 5.41) is 9.83. The molecule has 0 spiro atoms. The van der Waals surface area contributed by atoms with Gasteiger partial charge in [0, 0.05) is 5.57 Å². The van der Waals surface area contributed by atoms with Crippen LogP contribution >= 0.6 is 0 Å². The van der Waals surface area contributed by atoms with Gasteiger partial charge in [-0.3, -0.25) is 4.79 Å². The zero-order valence-corrected chi connectivity index (χ0v) is 8.66. The summed E-state index contributed by atoms with van der Waals surface area (Å²) in [7, 11) is 0. The molecule has 2 unspecified atom stereocenters. The van der Waals surface area contributed by atoms with Crippen molar-refractivity contribution in [1.82, 2.24) is 0 Å². The van der Waals surface area contributed by atoms with E-state index in [1.165, 1.54) is 0 Å². The van der Waals surface area contributed by atoms with Crippen molar-refractivity contribution in [3.8, 4) is 0 Å². The van der Waals surface area contributed by atoms with Crippen LogP contribution in [0.1, 0.15) is 20.3 Å². The molecule has 0 saturated heterocycles. The molecule has 0 fully saturated rings. The lowest BCUT2D eigenvalue weighted by molar-refractivity contribution is -0.120. The molecule has 1 N–H and O–H groups in total. The zero-order valence-electron chi connectivity index (χ0n) is 8.66. The van der Waals surface area contributed by atoms with Gasteiger partial charge in [-0.15, -0.1) is 0 Å². The van der Waals surface area contributed by atoms with Gasteiger partial charge in [0.15, 0.2) is 5.78 Å². The predicted octanol–water partition coefficient (Wildman–Crippen LogP) is 2.01. The molecule has 2 atom stereocenters. The number of carbonyl (C=O) groups excluding carboxylic acids is 1. The van der Waals surface area contributed by atoms with E-state index in [9.17, 15) is 9.90 Å². The van der Waals surface area contributed by atoms with E-state index < -0.39 is 6.10 Å². The Morgan fingerprint density at radius 3 is 2.64 bits per heavy atom. The third-order valence-corrected chi connectivity index (χ3v) is 2.61. The molecule has 0 radical (unpaired) electrons. The first-order chi connectivity index (χ1) is 6.67. The average molecular weight is 192 g/mol. The van der Waals surface area contributed by atoms with Gasteiger partial charge in [-0.25, -0.2) is 0 Å². The highest BCUT2D eigenvalue weighted by molar-refractivity contribution is 6.04. The van der Waals surface area contributed by atoms with Gasteiger partial charge in [0.2, 0.25) is 0 Å². The van der Waals surface area contributed by atoms with Crippen molar-refractivity contribution in [2.45, 2.75) is 26.4 Å². The molecule has 14 heavy (non-hydrogen) atoms. The second kappa shape index (κ2) is 4.38. The van der Waals surface area contributed by atoms with Crippen LogP contribution in [0.5, 0.6) is 0 Å². The molecule has 2 nitrogen and oxygen atoms in total. The molecule has 1 aliphatic rings. The maximum Gasteiger partial charge on any atom is 0.169 e. The molecule has 76 valence electrons. The van der Waals surface area contributed by atoms with Crippen molar-refractivity contribution in [2.75, 3.05) is 0 Å². The number of Topliss-reactive ketones (excluding diaryl/α,β-unsaturated/α-hetero) is 1. The maximum atomic E-state index is 11.8. The molecule has 0 bridgehead atoms. The minimum absolute atomic E-state index is 0.0352. The van der Waals surface area contributed by atoms with Crippen LogP contribution in [0.25, 0.3) is 0 Å².